The maximum atomic E-state index is 12.9. The van der Waals surface area contributed by atoms with Crippen LogP contribution in [0.2, 0.25) is 0 Å². The van der Waals surface area contributed by atoms with Gasteiger partial charge < -0.3 is 4.40 Å². The summed E-state index contributed by atoms with van der Waals surface area (Å²) in [6.45, 7) is 3.75. The number of hydrogen-bond acceptors (Lipinski definition) is 1. The Hall–Kier alpha value is -1.38. The lowest BCUT2D eigenvalue weighted by Gasteiger charge is -1.99. The molecule has 2 nitrogen and oxygen atoms in total. The predicted molar refractivity (Wildman–Crippen MR) is 44.6 cm³/mol. The van der Waals surface area contributed by atoms with E-state index in [1.165, 1.54) is 12.3 Å². The average Bonchev–Trinajstić information content (AvgIpc) is 2.33. The summed E-state index contributed by atoms with van der Waals surface area (Å²) < 4.78 is 14.7. The highest BCUT2D eigenvalue weighted by Gasteiger charge is 2.03. The molecule has 2 aromatic heterocycles. The van der Waals surface area contributed by atoms with Crippen LogP contribution in [-0.2, 0) is 0 Å². The number of halogens is 1. The topological polar surface area (TPSA) is 17.3 Å². The zero-order valence-corrected chi connectivity index (χ0v) is 7.00. The van der Waals surface area contributed by atoms with Crippen molar-refractivity contribution in [3.05, 3.63) is 35.5 Å². The van der Waals surface area contributed by atoms with Crippen LogP contribution in [0.3, 0.4) is 0 Å². The van der Waals surface area contributed by atoms with Crippen LogP contribution in [0.4, 0.5) is 4.39 Å². The van der Waals surface area contributed by atoms with Crippen molar-refractivity contribution < 1.29 is 4.39 Å². The normalized spacial score (nSPS) is 10.9. The second-order valence-electron chi connectivity index (χ2n) is 2.93. The molecule has 0 fully saturated rings. The van der Waals surface area contributed by atoms with E-state index in [0.29, 0.717) is 0 Å². The molecule has 0 atom stereocenters. The van der Waals surface area contributed by atoms with Gasteiger partial charge in [-0.05, 0) is 25.5 Å². The number of aryl methyl sites for hydroxylation is 2. The number of imidazole rings is 1. The van der Waals surface area contributed by atoms with Crippen molar-refractivity contribution in [2.24, 2.45) is 0 Å². The fourth-order valence-corrected chi connectivity index (χ4v) is 1.33. The Kier molecular flexibility index (Phi) is 1.40. The highest BCUT2D eigenvalue weighted by Crippen LogP contribution is 2.12. The molecule has 0 aliphatic rings. The summed E-state index contributed by atoms with van der Waals surface area (Å²) in [6, 6.07) is 1.49. The first-order valence-corrected chi connectivity index (χ1v) is 3.78. The van der Waals surface area contributed by atoms with E-state index in [2.05, 4.69) is 4.98 Å². The third kappa shape index (κ3) is 0.897. The van der Waals surface area contributed by atoms with Crippen LogP contribution < -0.4 is 0 Å². The molecule has 3 heteroatoms. The van der Waals surface area contributed by atoms with Crippen LogP contribution in [0, 0.1) is 19.7 Å². The van der Waals surface area contributed by atoms with Crippen molar-refractivity contribution in [2.75, 3.05) is 0 Å². The van der Waals surface area contributed by atoms with Gasteiger partial charge in [0.2, 0.25) is 0 Å². The molecule has 0 aliphatic heterocycles. The Morgan fingerprint density at radius 1 is 1.42 bits per heavy atom. The molecule has 0 aromatic carbocycles. The van der Waals surface area contributed by atoms with Crippen molar-refractivity contribution in [1.29, 1.82) is 0 Å². The second kappa shape index (κ2) is 2.30. The molecule has 2 aromatic rings. The zero-order valence-electron chi connectivity index (χ0n) is 7.00. The molecule has 0 N–H and O–H groups in total. The van der Waals surface area contributed by atoms with Crippen LogP contribution in [0.5, 0.6) is 0 Å². The van der Waals surface area contributed by atoms with Gasteiger partial charge in [-0.1, -0.05) is 0 Å². The zero-order chi connectivity index (χ0) is 8.72. The Labute approximate surface area is 69.7 Å². The maximum Gasteiger partial charge on any atom is 0.140 e. The van der Waals surface area contributed by atoms with Gasteiger partial charge in [0.25, 0.3) is 0 Å². The number of hydrogen-bond donors (Lipinski definition) is 0. The van der Waals surface area contributed by atoms with Crippen molar-refractivity contribution in [2.45, 2.75) is 13.8 Å². The molecular formula is C9H9FN2. The fraction of sp³-hybridized carbons (Fsp3) is 0.222. The van der Waals surface area contributed by atoms with Gasteiger partial charge in [-0.15, -0.1) is 0 Å². The van der Waals surface area contributed by atoms with E-state index in [0.717, 1.165) is 16.9 Å². The van der Waals surface area contributed by atoms with Crippen LogP contribution in [0.1, 0.15) is 11.3 Å². The molecule has 0 unspecified atom stereocenters. The summed E-state index contributed by atoms with van der Waals surface area (Å²) >= 11 is 0. The Morgan fingerprint density at radius 2 is 2.17 bits per heavy atom. The Balaban J connectivity index is 2.92. The summed E-state index contributed by atoms with van der Waals surface area (Å²) in [4.78, 5) is 4.16. The summed E-state index contributed by atoms with van der Waals surface area (Å²) in [5.41, 5.74) is 2.64. The molecule has 0 amide bonds. The summed E-state index contributed by atoms with van der Waals surface area (Å²) in [6.07, 6.45) is 3.19. The lowest BCUT2D eigenvalue weighted by Crippen LogP contribution is -1.91. The van der Waals surface area contributed by atoms with Crippen molar-refractivity contribution in [3.63, 3.8) is 0 Å². The minimum atomic E-state index is -0.221. The molecule has 62 valence electrons. The van der Waals surface area contributed by atoms with E-state index in [1.807, 2.05) is 13.8 Å². The van der Waals surface area contributed by atoms with Crippen LogP contribution in [0.15, 0.2) is 18.5 Å². The number of aromatic nitrogens is 2. The highest BCUT2D eigenvalue weighted by molar-refractivity contribution is 5.48. The molecule has 0 saturated heterocycles. The Morgan fingerprint density at radius 3 is 2.92 bits per heavy atom. The minimum Gasteiger partial charge on any atom is -0.301 e. The summed E-state index contributed by atoms with van der Waals surface area (Å²) in [5, 5.41) is 0. The molecule has 0 bridgehead atoms. The molecule has 0 aliphatic carbocycles. The standard InChI is InChI=1S/C9H9FN2/c1-6-3-8(10)5-12-7(2)4-11-9(6)12/h3-5H,1-2H3. The van der Waals surface area contributed by atoms with Crippen LogP contribution >= 0.6 is 0 Å². The fourth-order valence-electron chi connectivity index (χ4n) is 1.33. The van der Waals surface area contributed by atoms with Gasteiger partial charge in [-0.3, -0.25) is 0 Å². The second-order valence-corrected chi connectivity index (χ2v) is 2.93. The van der Waals surface area contributed by atoms with E-state index < -0.39 is 0 Å². The van der Waals surface area contributed by atoms with Gasteiger partial charge in [-0.2, -0.15) is 0 Å². The molecular weight excluding hydrogens is 155 g/mol. The van der Waals surface area contributed by atoms with E-state index in [1.54, 1.807) is 10.6 Å². The first-order valence-electron chi connectivity index (χ1n) is 3.78. The average molecular weight is 164 g/mol. The predicted octanol–water partition coefficient (Wildman–Crippen LogP) is 2.09. The van der Waals surface area contributed by atoms with Crippen molar-refractivity contribution in [1.82, 2.24) is 9.38 Å². The van der Waals surface area contributed by atoms with Gasteiger partial charge in [0.1, 0.15) is 11.5 Å². The molecule has 2 rings (SSSR count). The molecule has 0 saturated carbocycles. The van der Waals surface area contributed by atoms with Gasteiger partial charge in [0, 0.05) is 18.1 Å². The number of pyridine rings is 1. The van der Waals surface area contributed by atoms with E-state index in [-0.39, 0.29) is 5.82 Å². The maximum absolute atomic E-state index is 12.9. The number of nitrogens with zero attached hydrogens (tertiary/aromatic N) is 2. The van der Waals surface area contributed by atoms with Gasteiger partial charge >= 0.3 is 0 Å². The monoisotopic (exact) mass is 164 g/mol. The number of fused-ring (bicyclic) bond motifs is 1. The smallest absolute Gasteiger partial charge is 0.140 e. The first-order chi connectivity index (χ1) is 5.68. The van der Waals surface area contributed by atoms with Gasteiger partial charge in [0.05, 0.1) is 0 Å². The summed E-state index contributed by atoms with van der Waals surface area (Å²) in [5.74, 6) is -0.221. The van der Waals surface area contributed by atoms with Crippen molar-refractivity contribution >= 4 is 5.65 Å². The van der Waals surface area contributed by atoms with Crippen molar-refractivity contribution in [3.8, 4) is 0 Å². The largest absolute Gasteiger partial charge is 0.301 e. The molecule has 0 spiro atoms. The Bertz CT molecular complexity index is 431. The minimum absolute atomic E-state index is 0.221. The van der Waals surface area contributed by atoms with E-state index >= 15 is 0 Å². The molecule has 12 heavy (non-hydrogen) atoms. The van der Waals surface area contributed by atoms with E-state index in [9.17, 15) is 4.39 Å². The van der Waals surface area contributed by atoms with Crippen LogP contribution in [0.25, 0.3) is 5.65 Å². The third-order valence-electron chi connectivity index (χ3n) is 1.94. The molecule has 2 heterocycles. The third-order valence-corrected chi connectivity index (χ3v) is 1.94. The van der Waals surface area contributed by atoms with Crippen LogP contribution in [-0.4, -0.2) is 9.38 Å². The highest BCUT2D eigenvalue weighted by atomic mass is 19.1. The lowest BCUT2D eigenvalue weighted by atomic mass is 10.3. The first kappa shape index (κ1) is 7.28. The SMILES string of the molecule is Cc1cc(F)cn2c(C)cnc12. The van der Waals surface area contributed by atoms with Gasteiger partial charge in [0.15, 0.2) is 0 Å². The van der Waals surface area contributed by atoms with Gasteiger partial charge in [-0.25, -0.2) is 9.37 Å². The lowest BCUT2D eigenvalue weighted by molar-refractivity contribution is 0.617. The summed E-state index contributed by atoms with van der Waals surface area (Å²) in [7, 11) is 0. The van der Waals surface area contributed by atoms with E-state index in [4.69, 9.17) is 0 Å². The number of rotatable bonds is 0. The molecule has 0 radical (unpaired) electrons. The quantitative estimate of drug-likeness (QED) is 0.582.